The Balaban J connectivity index is 0.000000202. The quantitative estimate of drug-likeness (QED) is 0.121. The highest BCUT2D eigenvalue weighted by Crippen LogP contribution is 2.51. The number of nitrogens with zero attached hydrogens (tertiary/aromatic N) is 2. The van der Waals surface area contributed by atoms with Gasteiger partial charge in [0.15, 0.2) is 0 Å². The van der Waals surface area contributed by atoms with Gasteiger partial charge in [-0.25, -0.2) is 0 Å². The first-order valence-corrected chi connectivity index (χ1v) is 34.6. The molecule has 0 atom stereocenters. The van der Waals surface area contributed by atoms with Gasteiger partial charge in [0, 0.05) is 33.5 Å². The first kappa shape index (κ1) is 65.8. The van der Waals surface area contributed by atoms with Gasteiger partial charge in [-0.1, -0.05) is 275 Å². The van der Waals surface area contributed by atoms with Crippen molar-refractivity contribution < 1.29 is 0 Å². The molecule has 0 heterocycles. The van der Waals surface area contributed by atoms with E-state index in [0.29, 0.717) is 0 Å². The van der Waals surface area contributed by atoms with Crippen LogP contribution in [0.15, 0.2) is 194 Å². The highest BCUT2D eigenvalue weighted by molar-refractivity contribution is 6.34. The summed E-state index contributed by atoms with van der Waals surface area (Å²) in [5, 5.41) is 18.8. The number of benzene rings is 13. The molecule has 13 aromatic carbocycles. The predicted octanol–water partition coefficient (Wildman–Crippen LogP) is 27.6. The summed E-state index contributed by atoms with van der Waals surface area (Å²) in [6.07, 6.45) is 0. The predicted molar refractivity (Wildman–Crippen MR) is 417 cm³/mol. The summed E-state index contributed by atoms with van der Waals surface area (Å²) in [6.45, 7) is 55.4. The fourth-order valence-electron chi connectivity index (χ4n) is 14.1. The van der Waals surface area contributed by atoms with Crippen LogP contribution in [0.2, 0.25) is 0 Å². The Morgan fingerprint density at radius 3 is 0.574 bits per heavy atom. The first-order chi connectivity index (χ1) is 43.6. The lowest BCUT2D eigenvalue weighted by Gasteiger charge is -2.30. The second kappa shape index (κ2) is 22.7. The molecule has 0 amide bonds. The summed E-state index contributed by atoms with van der Waals surface area (Å²) in [6, 6.07) is 75.1. The lowest BCUT2D eigenvalue weighted by molar-refractivity contribution is 0.589. The van der Waals surface area contributed by atoms with E-state index in [4.69, 9.17) is 0 Å². The lowest BCUT2D eigenvalue weighted by atomic mass is 9.76. The average molecular weight is 1240 g/mol. The molecule has 0 spiro atoms. The summed E-state index contributed by atoms with van der Waals surface area (Å²) in [4.78, 5) is 4.90. The van der Waals surface area contributed by atoms with Crippen LogP contribution in [0.5, 0.6) is 0 Å². The molecule has 0 fully saturated rings. The molecule has 0 saturated heterocycles. The zero-order chi connectivity index (χ0) is 67.9. The molecule has 0 bridgehead atoms. The zero-order valence-corrected chi connectivity index (χ0v) is 61.4. The Hall–Kier alpha value is -8.20. The van der Waals surface area contributed by atoms with Crippen LogP contribution >= 0.6 is 0 Å². The monoisotopic (exact) mass is 1240 g/mol. The van der Waals surface area contributed by atoms with Gasteiger partial charge in [-0.15, -0.1) is 0 Å². The van der Waals surface area contributed by atoms with E-state index in [1.807, 2.05) is 0 Å². The fraction of sp³-hybridized carbons (Fsp3) is 0.348. The zero-order valence-electron chi connectivity index (χ0n) is 61.4. The first-order valence-electron chi connectivity index (χ1n) is 34.6. The van der Waals surface area contributed by atoms with Gasteiger partial charge in [-0.05, 0) is 237 Å². The van der Waals surface area contributed by atoms with Crippen molar-refractivity contribution in [3.05, 3.63) is 239 Å². The topological polar surface area (TPSA) is 6.48 Å². The third kappa shape index (κ3) is 12.3. The lowest BCUT2D eigenvalue weighted by Crippen LogP contribution is -2.15. The normalized spacial score (nSPS) is 13.3. The smallest absolute Gasteiger partial charge is 0.0540 e. The molecule has 94 heavy (non-hydrogen) atoms. The molecule has 0 aliphatic heterocycles. The van der Waals surface area contributed by atoms with E-state index in [0.717, 1.165) is 22.7 Å². The van der Waals surface area contributed by atoms with Gasteiger partial charge in [0.25, 0.3) is 0 Å². The maximum Gasteiger partial charge on any atom is 0.0540 e. The number of hydrogen-bond acceptors (Lipinski definition) is 2. The van der Waals surface area contributed by atoms with E-state index in [9.17, 15) is 0 Å². The largest absolute Gasteiger partial charge is 0.310 e. The summed E-state index contributed by atoms with van der Waals surface area (Å²) < 4.78 is 0. The molecule has 0 unspecified atom stereocenters. The van der Waals surface area contributed by atoms with E-state index >= 15 is 0 Å². The van der Waals surface area contributed by atoms with E-state index in [2.05, 4.69) is 370 Å². The van der Waals surface area contributed by atoms with Crippen molar-refractivity contribution in [3.8, 4) is 0 Å². The minimum absolute atomic E-state index is 0.0690. The molecule has 0 aliphatic carbocycles. The van der Waals surface area contributed by atoms with E-state index in [1.165, 1.54) is 131 Å². The van der Waals surface area contributed by atoms with Crippen molar-refractivity contribution in [1.29, 1.82) is 0 Å². The van der Waals surface area contributed by atoms with Crippen LogP contribution in [0.25, 0.3) is 75.4 Å². The number of fused-ring (bicyclic) bond motifs is 2. The Morgan fingerprint density at radius 1 is 0.170 bits per heavy atom. The summed E-state index contributed by atoms with van der Waals surface area (Å²) >= 11 is 0. The molecule has 482 valence electrons. The molecular formula is C92H104N2. The Bertz CT molecular complexity index is 4410. The van der Waals surface area contributed by atoms with Crippen LogP contribution in [0.3, 0.4) is 0 Å². The molecule has 0 aliphatic rings. The third-order valence-corrected chi connectivity index (χ3v) is 20.2. The Morgan fingerprint density at radius 2 is 0.372 bits per heavy atom. The fourth-order valence-corrected chi connectivity index (χ4v) is 14.1. The van der Waals surface area contributed by atoms with Crippen LogP contribution < -0.4 is 9.80 Å². The van der Waals surface area contributed by atoms with Crippen LogP contribution in [0.4, 0.5) is 34.1 Å². The minimum Gasteiger partial charge on any atom is -0.310 e. The molecular weight excluding hydrogens is 1130 g/mol. The van der Waals surface area contributed by atoms with Gasteiger partial charge in [0.05, 0.1) is 11.4 Å². The van der Waals surface area contributed by atoms with Gasteiger partial charge in [0.2, 0.25) is 0 Å². The SMILES string of the molecule is CC(C)(C)c1cc2cc(C(C)(C)C)cc3c4cc(C(C)(C)C)cc5cc(C(C)(C)C)cc(c(c1)c23)c54.CC(C)(C)c1ccc(N(c2ccc(C(C)(C)C)cc2)c2ccc3ccc4c(N(c5ccc(C(C)(C)C)cc5)c5ccc(C(C)(C)C)cc5)ccc5ccc2c3c54)cc1. The molecule has 0 aromatic heterocycles. The van der Waals surface area contributed by atoms with Gasteiger partial charge >= 0.3 is 0 Å². The van der Waals surface area contributed by atoms with Crippen LogP contribution in [-0.2, 0) is 43.3 Å². The third-order valence-electron chi connectivity index (χ3n) is 20.2. The van der Waals surface area contributed by atoms with E-state index in [-0.39, 0.29) is 43.3 Å². The van der Waals surface area contributed by atoms with Gasteiger partial charge in [-0.3, -0.25) is 0 Å². The molecule has 13 rings (SSSR count). The maximum atomic E-state index is 2.49. The highest BCUT2D eigenvalue weighted by Gasteiger charge is 2.29. The molecule has 13 aromatic rings. The van der Waals surface area contributed by atoms with E-state index < -0.39 is 0 Å². The maximum absolute atomic E-state index is 2.49. The van der Waals surface area contributed by atoms with Crippen molar-refractivity contribution in [2.75, 3.05) is 9.80 Å². The van der Waals surface area contributed by atoms with Crippen molar-refractivity contribution in [3.63, 3.8) is 0 Å². The number of hydrogen-bond donors (Lipinski definition) is 0. The Labute approximate surface area is 564 Å². The van der Waals surface area contributed by atoms with Gasteiger partial charge in [0.1, 0.15) is 0 Å². The van der Waals surface area contributed by atoms with Gasteiger partial charge < -0.3 is 9.80 Å². The standard InChI is InChI=1S/C56H60N2.C36H44/c1-53(2,3)39-17-25-43(26-18-39)57(44-27-19-40(20-28-44)54(4,5)6)49-35-15-37-14-34-48-50(36-16-38-13-33-47(49)51(37)52(38)48)58(45-29-21-41(22-30-45)55(7,8)9)46-31-23-42(24-32-46)56(10,11)12;1-33(2,3)23-13-21-14-24(34(4,5)6)19-29-30-20-26(36(10,11)12)16-22-15-25(35(7,8)9)18-28(32(22)30)27(17-23)31(21)29/h13-36H,1-12H3;13-20H,1-12H3. The summed E-state index contributed by atoms with van der Waals surface area (Å²) in [5.41, 5.74) is 18.5. The van der Waals surface area contributed by atoms with Crippen molar-refractivity contribution in [2.45, 2.75) is 209 Å². The summed E-state index contributed by atoms with van der Waals surface area (Å²) in [5.74, 6) is 0. The van der Waals surface area contributed by atoms with Crippen molar-refractivity contribution in [1.82, 2.24) is 0 Å². The molecule has 0 radical (unpaired) electrons. The van der Waals surface area contributed by atoms with E-state index in [1.54, 1.807) is 0 Å². The second-order valence-electron chi connectivity index (χ2n) is 35.7. The van der Waals surface area contributed by atoms with Crippen LogP contribution in [-0.4, -0.2) is 0 Å². The highest BCUT2D eigenvalue weighted by atomic mass is 15.1. The molecule has 2 nitrogen and oxygen atoms in total. The average Bonchev–Trinajstić information content (AvgIpc) is 0.711. The number of anilines is 6. The van der Waals surface area contributed by atoms with Crippen LogP contribution in [0.1, 0.15) is 211 Å². The van der Waals surface area contributed by atoms with Crippen LogP contribution in [0, 0.1) is 0 Å². The van der Waals surface area contributed by atoms with Crippen molar-refractivity contribution in [2.24, 2.45) is 0 Å². The van der Waals surface area contributed by atoms with Gasteiger partial charge in [-0.2, -0.15) is 0 Å². The number of rotatable bonds is 6. The molecule has 0 saturated carbocycles. The summed E-state index contributed by atoms with van der Waals surface area (Å²) in [7, 11) is 0. The molecule has 2 heteroatoms. The Kier molecular flexibility index (Phi) is 15.9. The second-order valence-corrected chi connectivity index (χ2v) is 35.7. The minimum atomic E-state index is 0.0690. The molecule has 0 N–H and O–H groups in total. The van der Waals surface area contributed by atoms with Crippen molar-refractivity contribution >= 4 is 110 Å².